The fourth-order valence-corrected chi connectivity index (χ4v) is 1.32. The highest BCUT2D eigenvalue weighted by Crippen LogP contribution is 2.23. The summed E-state index contributed by atoms with van der Waals surface area (Å²) in [6.07, 6.45) is 0. The van der Waals surface area contributed by atoms with Crippen LogP contribution in [0.3, 0.4) is 0 Å². The highest BCUT2D eigenvalue weighted by Gasteiger charge is 2.29. The SMILES string of the molecule is CCSc1nc(N)nc(OC(F)(F)Cl)n1. The molecule has 0 unspecified atom stereocenters. The minimum Gasteiger partial charge on any atom is -0.385 e. The summed E-state index contributed by atoms with van der Waals surface area (Å²) in [7, 11) is 0. The molecule has 0 aliphatic rings. The number of hydrogen-bond donors (Lipinski definition) is 1. The molecule has 0 saturated carbocycles. The molecule has 0 radical (unpaired) electrons. The van der Waals surface area contributed by atoms with Crippen molar-refractivity contribution in [1.82, 2.24) is 15.0 Å². The molecule has 0 aromatic carbocycles. The Morgan fingerprint density at radius 3 is 2.67 bits per heavy atom. The monoisotopic (exact) mass is 256 g/mol. The van der Waals surface area contributed by atoms with E-state index in [0.29, 0.717) is 5.75 Å². The molecule has 0 spiro atoms. The highest BCUT2D eigenvalue weighted by molar-refractivity contribution is 7.99. The van der Waals surface area contributed by atoms with Crippen molar-refractivity contribution in [2.24, 2.45) is 0 Å². The summed E-state index contributed by atoms with van der Waals surface area (Å²) in [5.41, 5.74) is 1.41. The van der Waals surface area contributed by atoms with Crippen LogP contribution in [0.1, 0.15) is 6.92 Å². The first-order valence-corrected chi connectivity index (χ1v) is 5.17. The van der Waals surface area contributed by atoms with Crippen molar-refractivity contribution in [2.45, 2.75) is 17.6 Å². The fraction of sp³-hybridized carbons (Fsp3) is 0.500. The van der Waals surface area contributed by atoms with Crippen LogP contribution in [-0.2, 0) is 0 Å². The summed E-state index contributed by atoms with van der Waals surface area (Å²) in [6, 6.07) is -0.599. The molecule has 1 aromatic rings. The fourth-order valence-electron chi connectivity index (χ4n) is 0.696. The van der Waals surface area contributed by atoms with Gasteiger partial charge in [0.1, 0.15) is 0 Å². The number of alkyl halides is 3. The van der Waals surface area contributed by atoms with Crippen molar-refractivity contribution >= 4 is 29.3 Å². The van der Waals surface area contributed by atoms with Crippen molar-refractivity contribution in [1.29, 1.82) is 0 Å². The number of nitrogens with zero attached hydrogens (tertiary/aromatic N) is 3. The molecule has 2 N–H and O–H groups in total. The van der Waals surface area contributed by atoms with Gasteiger partial charge in [-0.3, -0.25) is 0 Å². The third kappa shape index (κ3) is 4.43. The molecule has 0 bridgehead atoms. The standard InChI is InChI=1S/C6H7ClF2N4OS/c1-2-15-5-12-3(10)11-4(13-5)14-6(7,8)9/h2H2,1H3,(H2,10,11,12,13). The van der Waals surface area contributed by atoms with Gasteiger partial charge in [-0.2, -0.15) is 15.0 Å². The van der Waals surface area contributed by atoms with E-state index in [9.17, 15) is 8.78 Å². The lowest BCUT2D eigenvalue weighted by molar-refractivity contribution is -0.102. The molecule has 5 nitrogen and oxygen atoms in total. The number of thioether (sulfide) groups is 1. The molecule has 0 atom stereocenters. The maximum absolute atomic E-state index is 12.3. The predicted molar refractivity (Wildman–Crippen MR) is 52.1 cm³/mol. The van der Waals surface area contributed by atoms with Gasteiger partial charge in [-0.05, 0) is 5.75 Å². The number of ether oxygens (including phenoxy) is 1. The van der Waals surface area contributed by atoms with Gasteiger partial charge in [-0.25, -0.2) is 0 Å². The number of nitrogen functional groups attached to an aromatic ring is 1. The van der Waals surface area contributed by atoms with Gasteiger partial charge in [0.05, 0.1) is 0 Å². The summed E-state index contributed by atoms with van der Waals surface area (Å²) >= 11 is 5.77. The van der Waals surface area contributed by atoms with E-state index in [1.165, 1.54) is 11.8 Å². The number of aromatic nitrogens is 3. The lowest BCUT2D eigenvalue weighted by atomic mass is 10.9. The zero-order chi connectivity index (χ0) is 11.5. The number of rotatable bonds is 4. The van der Waals surface area contributed by atoms with E-state index in [1.807, 2.05) is 6.92 Å². The molecular weight excluding hydrogens is 250 g/mol. The van der Waals surface area contributed by atoms with Crippen molar-refractivity contribution in [3.05, 3.63) is 0 Å². The maximum atomic E-state index is 12.3. The zero-order valence-corrected chi connectivity index (χ0v) is 9.15. The van der Waals surface area contributed by atoms with Crippen LogP contribution in [0.15, 0.2) is 5.16 Å². The largest absolute Gasteiger partial charge is 0.489 e. The van der Waals surface area contributed by atoms with E-state index >= 15 is 0 Å². The van der Waals surface area contributed by atoms with E-state index in [0.717, 1.165) is 0 Å². The highest BCUT2D eigenvalue weighted by atomic mass is 35.5. The summed E-state index contributed by atoms with van der Waals surface area (Å²) < 4.78 is 28.5. The lowest BCUT2D eigenvalue weighted by Crippen LogP contribution is -2.18. The van der Waals surface area contributed by atoms with E-state index < -0.39 is 11.6 Å². The molecular formula is C6H7ClF2N4OS. The van der Waals surface area contributed by atoms with E-state index in [4.69, 9.17) is 5.73 Å². The molecule has 9 heteroatoms. The summed E-state index contributed by atoms with van der Waals surface area (Å²) in [4.78, 5) is 10.6. The molecule has 0 aliphatic heterocycles. The summed E-state index contributed by atoms with van der Waals surface area (Å²) in [6.45, 7) is 1.85. The Bertz CT molecular complexity index is 348. The minimum absolute atomic E-state index is 0.197. The van der Waals surface area contributed by atoms with Gasteiger partial charge in [0.2, 0.25) is 5.95 Å². The van der Waals surface area contributed by atoms with Gasteiger partial charge in [-0.1, -0.05) is 18.7 Å². The first-order valence-electron chi connectivity index (χ1n) is 3.81. The van der Waals surface area contributed by atoms with Crippen LogP contribution < -0.4 is 10.5 Å². The van der Waals surface area contributed by atoms with Crippen LogP contribution in [0.4, 0.5) is 14.7 Å². The van der Waals surface area contributed by atoms with Crippen LogP contribution in [0.25, 0.3) is 0 Å². The topological polar surface area (TPSA) is 73.9 Å². The first kappa shape index (κ1) is 12.2. The average Bonchev–Trinajstić information content (AvgIpc) is 1.99. The Morgan fingerprint density at radius 2 is 2.13 bits per heavy atom. The molecule has 1 rings (SSSR count). The van der Waals surface area contributed by atoms with Crippen molar-refractivity contribution in [2.75, 3.05) is 11.5 Å². The number of halogens is 3. The first-order chi connectivity index (χ1) is 6.90. The van der Waals surface area contributed by atoms with Crippen LogP contribution >= 0.6 is 23.4 Å². The Labute approximate surface area is 93.4 Å². The molecule has 0 amide bonds. The second kappa shape index (κ2) is 4.75. The second-order valence-corrected chi connectivity index (χ2v) is 3.91. The Hall–Kier alpha value is -0.890. The third-order valence-electron chi connectivity index (χ3n) is 1.09. The molecule has 0 saturated heterocycles. The predicted octanol–water partition coefficient (Wildman–Crippen LogP) is 1.73. The summed E-state index contributed by atoms with van der Waals surface area (Å²) in [5, 5.41) is 0.209. The van der Waals surface area contributed by atoms with Crippen LogP contribution in [0.2, 0.25) is 0 Å². The Morgan fingerprint density at radius 1 is 1.47 bits per heavy atom. The van der Waals surface area contributed by atoms with E-state index in [-0.39, 0.29) is 11.1 Å². The van der Waals surface area contributed by atoms with Gasteiger partial charge >= 0.3 is 11.6 Å². The Balaban J connectivity index is 2.88. The second-order valence-electron chi connectivity index (χ2n) is 2.24. The molecule has 15 heavy (non-hydrogen) atoms. The molecule has 0 fully saturated rings. The zero-order valence-electron chi connectivity index (χ0n) is 7.58. The average molecular weight is 257 g/mol. The summed E-state index contributed by atoms with van der Waals surface area (Å²) in [5.74, 6) is 0.469. The maximum Gasteiger partial charge on any atom is 0.489 e. The van der Waals surface area contributed by atoms with Crippen LogP contribution in [0, 0.1) is 0 Å². The number of anilines is 1. The quantitative estimate of drug-likeness (QED) is 0.653. The number of nitrogens with two attached hydrogens (primary N) is 1. The van der Waals surface area contributed by atoms with E-state index in [2.05, 4.69) is 31.3 Å². The minimum atomic E-state index is -3.86. The Kier molecular flexibility index (Phi) is 3.86. The van der Waals surface area contributed by atoms with Gasteiger partial charge in [0, 0.05) is 11.6 Å². The van der Waals surface area contributed by atoms with Crippen molar-refractivity contribution in [3.63, 3.8) is 0 Å². The number of hydrogen-bond acceptors (Lipinski definition) is 6. The lowest BCUT2D eigenvalue weighted by Gasteiger charge is -2.08. The van der Waals surface area contributed by atoms with Gasteiger partial charge < -0.3 is 10.5 Å². The normalized spacial score (nSPS) is 11.5. The van der Waals surface area contributed by atoms with Crippen LogP contribution in [-0.4, -0.2) is 26.3 Å². The van der Waals surface area contributed by atoms with E-state index in [1.54, 1.807) is 0 Å². The molecule has 84 valence electrons. The van der Waals surface area contributed by atoms with Crippen LogP contribution in [0.5, 0.6) is 6.01 Å². The van der Waals surface area contributed by atoms with Crippen molar-refractivity contribution in [3.8, 4) is 6.01 Å². The van der Waals surface area contributed by atoms with Gasteiger partial charge in [0.15, 0.2) is 5.16 Å². The smallest absolute Gasteiger partial charge is 0.385 e. The molecule has 1 aromatic heterocycles. The molecule has 1 heterocycles. The van der Waals surface area contributed by atoms with Gasteiger partial charge in [-0.15, -0.1) is 8.78 Å². The van der Waals surface area contributed by atoms with Crippen molar-refractivity contribution < 1.29 is 13.5 Å². The molecule has 0 aliphatic carbocycles. The third-order valence-corrected chi connectivity index (χ3v) is 1.90. The van der Waals surface area contributed by atoms with Gasteiger partial charge in [0.25, 0.3) is 0 Å².